The lowest BCUT2D eigenvalue weighted by Crippen LogP contribution is -2.00. The first-order valence-corrected chi connectivity index (χ1v) is 14.6. The molecule has 5 nitrogen and oxygen atoms in total. The third-order valence-corrected chi connectivity index (χ3v) is 8.25. The van der Waals surface area contributed by atoms with E-state index in [2.05, 4.69) is 83.4 Å². The lowest BCUT2D eigenvalue weighted by Gasteiger charge is -2.08. The van der Waals surface area contributed by atoms with Gasteiger partial charge in [0, 0.05) is 38.5 Å². The first-order chi connectivity index (χ1) is 21.8. The van der Waals surface area contributed by atoms with Crippen LogP contribution in [0.15, 0.2) is 150 Å². The van der Waals surface area contributed by atoms with E-state index in [1.165, 1.54) is 0 Å². The van der Waals surface area contributed by atoms with E-state index >= 15 is 0 Å². The zero-order valence-electron chi connectivity index (χ0n) is 23.6. The number of benzene rings is 6. The Bertz CT molecular complexity index is 2420. The number of furan rings is 1. The largest absolute Gasteiger partial charge is 0.455 e. The van der Waals surface area contributed by atoms with Crippen LogP contribution in [0.25, 0.3) is 83.6 Å². The molecule has 0 aliphatic heterocycles. The molecule has 0 fully saturated rings. The first-order valence-electron chi connectivity index (χ1n) is 14.6. The van der Waals surface area contributed by atoms with Gasteiger partial charge in [0.15, 0.2) is 17.5 Å². The van der Waals surface area contributed by atoms with Crippen molar-refractivity contribution in [2.24, 2.45) is 0 Å². The molecule has 0 unspecified atom stereocenters. The summed E-state index contributed by atoms with van der Waals surface area (Å²) in [6, 6.07) is 49.7. The summed E-state index contributed by atoms with van der Waals surface area (Å²) in [6.45, 7) is 0. The van der Waals surface area contributed by atoms with Crippen LogP contribution in [0.1, 0.15) is 0 Å². The standard InChI is InChI=1S/C39H24N4O/c1-4-12-25(13-5-1)37-40-38(26-14-6-2-7-15-26)42-39(41-37)27-20-21-29-30-22-23-33-35(36(30)44-34(29)24-27)31-18-10-11-19-32(31)43(33)28-16-8-3-9-17-28/h1-24H. The number of nitrogens with zero attached hydrogens (tertiary/aromatic N) is 4. The third kappa shape index (κ3) is 3.83. The molecular formula is C39H24N4O. The summed E-state index contributed by atoms with van der Waals surface area (Å²) in [6.07, 6.45) is 0. The van der Waals surface area contributed by atoms with Crippen LogP contribution in [0.5, 0.6) is 0 Å². The molecule has 6 aromatic carbocycles. The van der Waals surface area contributed by atoms with Crippen molar-refractivity contribution in [2.45, 2.75) is 0 Å². The lowest BCUT2D eigenvalue weighted by molar-refractivity contribution is 0.673. The number of rotatable bonds is 4. The number of hydrogen-bond acceptors (Lipinski definition) is 4. The van der Waals surface area contributed by atoms with Gasteiger partial charge in [0.05, 0.1) is 16.4 Å². The van der Waals surface area contributed by atoms with Crippen LogP contribution in [-0.4, -0.2) is 19.5 Å². The topological polar surface area (TPSA) is 56.7 Å². The van der Waals surface area contributed by atoms with Gasteiger partial charge in [0.1, 0.15) is 11.2 Å². The fourth-order valence-electron chi connectivity index (χ4n) is 6.22. The molecule has 0 bridgehead atoms. The summed E-state index contributed by atoms with van der Waals surface area (Å²) in [5.74, 6) is 1.87. The SMILES string of the molecule is c1ccc(-c2nc(-c3ccccc3)nc(-c3ccc4c(c3)oc3c4ccc4c3c3ccccc3n4-c3ccccc3)n2)cc1. The lowest BCUT2D eigenvalue weighted by atomic mass is 10.1. The van der Waals surface area contributed by atoms with Gasteiger partial charge < -0.3 is 8.98 Å². The molecular weight excluding hydrogens is 540 g/mol. The van der Waals surface area contributed by atoms with Gasteiger partial charge in [0.25, 0.3) is 0 Å². The monoisotopic (exact) mass is 564 g/mol. The van der Waals surface area contributed by atoms with Gasteiger partial charge in [-0.05, 0) is 42.5 Å². The molecule has 206 valence electrons. The van der Waals surface area contributed by atoms with Gasteiger partial charge in [-0.2, -0.15) is 0 Å². The zero-order chi connectivity index (χ0) is 29.0. The maximum atomic E-state index is 6.73. The second kappa shape index (κ2) is 9.75. The van der Waals surface area contributed by atoms with Crippen LogP contribution in [-0.2, 0) is 0 Å². The Kier molecular flexibility index (Phi) is 5.43. The Morgan fingerprint density at radius 2 is 1.00 bits per heavy atom. The van der Waals surface area contributed by atoms with Crippen molar-refractivity contribution in [3.8, 4) is 39.9 Å². The predicted octanol–water partition coefficient (Wildman–Crippen LogP) is 9.87. The maximum Gasteiger partial charge on any atom is 0.164 e. The van der Waals surface area contributed by atoms with E-state index in [0.29, 0.717) is 17.5 Å². The van der Waals surface area contributed by atoms with Gasteiger partial charge in [0.2, 0.25) is 0 Å². The summed E-state index contributed by atoms with van der Waals surface area (Å²) in [7, 11) is 0. The molecule has 0 atom stereocenters. The molecule has 9 rings (SSSR count). The zero-order valence-corrected chi connectivity index (χ0v) is 23.6. The normalized spacial score (nSPS) is 11.6. The van der Waals surface area contributed by atoms with Gasteiger partial charge in [-0.1, -0.05) is 103 Å². The van der Waals surface area contributed by atoms with Crippen molar-refractivity contribution in [3.05, 3.63) is 146 Å². The summed E-state index contributed by atoms with van der Waals surface area (Å²) < 4.78 is 9.04. The van der Waals surface area contributed by atoms with Gasteiger partial charge in [-0.3, -0.25) is 0 Å². The minimum Gasteiger partial charge on any atom is -0.455 e. The molecule has 5 heteroatoms. The van der Waals surface area contributed by atoms with Crippen molar-refractivity contribution in [1.82, 2.24) is 19.5 Å². The fourth-order valence-corrected chi connectivity index (χ4v) is 6.22. The van der Waals surface area contributed by atoms with Crippen molar-refractivity contribution >= 4 is 43.7 Å². The highest BCUT2D eigenvalue weighted by Crippen LogP contribution is 2.41. The van der Waals surface area contributed by atoms with E-state index in [-0.39, 0.29) is 0 Å². The predicted molar refractivity (Wildman–Crippen MR) is 178 cm³/mol. The fraction of sp³-hybridized carbons (Fsp3) is 0. The average Bonchev–Trinajstić information content (AvgIpc) is 3.64. The summed E-state index contributed by atoms with van der Waals surface area (Å²) >= 11 is 0. The summed E-state index contributed by atoms with van der Waals surface area (Å²) in [4.78, 5) is 14.7. The number of hydrogen-bond donors (Lipinski definition) is 0. The molecule has 3 heterocycles. The molecule has 0 aliphatic carbocycles. The van der Waals surface area contributed by atoms with Crippen LogP contribution in [0.4, 0.5) is 0 Å². The van der Waals surface area contributed by atoms with Crippen LogP contribution < -0.4 is 0 Å². The van der Waals surface area contributed by atoms with E-state index < -0.39 is 0 Å². The second-order valence-electron chi connectivity index (χ2n) is 10.9. The molecule has 44 heavy (non-hydrogen) atoms. The number of aromatic nitrogens is 4. The Morgan fingerprint density at radius 3 is 1.68 bits per heavy atom. The van der Waals surface area contributed by atoms with Gasteiger partial charge in [-0.15, -0.1) is 0 Å². The Labute approximate surface area is 252 Å². The van der Waals surface area contributed by atoms with Crippen molar-refractivity contribution in [1.29, 1.82) is 0 Å². The highest BCUT2D eigenvalue weighted by atomic mass is 16.3. The molecule has 9 aromatic rings. The molecule has 0 amide bonds. The molecule has 0 aliphatic rings. The third-order valence-electron chi connectivity index (χ3n) is 8.25. The Balaban J connectivity index is 1.27. The van der Waals surface area contributed by atoms with Crippen LogP contribution in [0.3, 0.4) is 0 Å². The summed E-state index contributed by atoms with van der Waals surface area (Å²) in [5.41, 5.74) is 7.81. The molecule has 0 saturated heterocycles. The second-order valence-corrected chi connectivity index (χ2v) is 10.9. The molecule has 0 spiro atoms. The maximum absolute atomic E-state index is 6.73. The van der Waals surface area contributed by atoms with Crippen molar-refractivity contribution in [2.75, 3.05) is 0 Å². The minimum atomic E-state index is 0.603. The van der Waals surface area contributed by atoms with E-state index in [4.69, 9.17) is 19.4 Å². The molecule has 3 aromatic heterocycles. The van der Waals surface area contributed by atoms with Gasteiger partial charge >= 0.3 is 0 Å². The van der Waals surface area contributed by atoms with E-state index in [1.54, 1.807) is 0 Å². The quantitative estimate of drug-likeness (QED) is 0.213. The highest BCUT2D eigenvalue weighted by molar-refractivity contribution is 6.24. The molecule has 0 N–H and O–H groups in total. The summed E-state index contributed by atoms with van der Waals surface area (Å²) in [5, 5.41) is 4.41. The first kappa shape index (κ1) is 24.5. The van der Waals surface area contributed by atoms with Crippen LogP contribution in [0.2, 0.25) is 0 Å². The molecule has 0 saturated carbocycles. The van der Waals surface area contributed by atoms with E-state index in [9.17, 15) is 0 Å². The van der Waals surface area contributed by atoms with Crippen molar-refractivity contribution in [3.63, 3.8) is 0 Å². The van der Waals surface area contributed by atoms with Crippen molar-refractivity contribution < 1.29 is 4.42 Å². The Morgan fingerprint density at radius 1 is 0.432 bits per heavy atom. The van der Waals surface area contributed by atoms with Crippen LogP contribution >= 0.6 is 0 Å². The average molecular weight is 565 g/mol. The smallest absolute Gasteiger partial charge is 0.164 e. The number of fused-ring (bicyclic) bond motifs is 7. The Hall–Kier alpha value is -6.07. The minimum absolute atomic E-state index is 0.603. The van der Waals surface area contributed by atoms with E-state index in [0.717, 1.165) is 66.1 Å². The highest BCUT2D eigenvalue weighted by Gasteiger charge is 2.19. The van der Waals surface area contributed by atoms with Gasteiger partial charge in [-0.25, -0.2) is 15.0 Å². The molecule has 0 radical (unpaired) electrons. The number of para-hydroxylation sites is 2. The van der Waals surface area contributed by atoms with E-state index in [1.807, 2.05) is 66.7 Å². The van der Waals surface area contributed by atoms with Crippen LogP contribution in [0, 0.1) is 0 Å².